The van der Waals surface area contributed by atoms with E-state index in [9.17, 15) is 14.4 Å². The van der Waals surface area contributed by atoms with Gasteiger partial charge in [0.15, 0.2) is 0 Å². The molecule has 0 aromatic heterocycles. The van der Waals surface area contributed by atoms with Crippen molar-refractivity contribution in [3.8, 4) is 0 Å². The van der Waals surface area contributed by atoms with Gasteiger partial charge in [0, 0.05) is 24.5 Å². The number of piperazine rings is 1. The summed E-state index contributed by atoms with van der Waals surface area (Å²) in [5, 5.41) is 11.6. The van der Waals surface area contributed by atoms with E-state index >= 15 is 0 Å². The van der Waals surface area contributed by atoms with E-state index in [0.717, 1.165) is 17.8 Å². The van der Waals surface area contributed by atoms with Gasteiger partial charge < -0.3 is 21.1 Å². The quantitative estimate of drug-likeness (QED) is 0.596. The number of carboxylic acid groups (broad SMARTS) is 1. The molecule has 1 aliphatic rings. The molecule has 1 saturated heterocycles. The van der Waals surface area contributed by atoms with Gasteiger partial charge in [0.05, 0.1) is 18.2 Å². The molecule has 1 fully saturated rings. The summed E-state index contributed by atoms with van der Waals surface area (Å²) in [5.41, 5.74) is 8.37. The van der Waals surface area contributed by atoms with Gasteiger partial charge in [-0.2, -0.15) is 0 Å². The van der Waals surface area contributed by atoms with Crippen molar-refractivity contribution < 1.29 is 19.5 Å². The molecule has 4 N–H and O–H groups in total. The van der Waals surface area contributed by atoms with Gasteiger partial charge >= 0.3 is 5.97 Å². The summed E-state index contributed by atoms with van der Waals surface area (Å²) in [4.78, 5) is 39.1. The lowest BCUT2D eigenvalue weighted by Gasteiger charge is -2.32. The maximum Gasteiger partial charge on any atom is 0.335 e. The second-order valence-corrected chi connectivity index (χ2v) is 7.13. The van der Waals surface area contributed by atoms with E-state index in [2.05, 4.69) is 5.32 Å². The molecule has 0 radical (unpaired) electrons. The zero-order valence-electron chi connectivity index (χ0n) is 17.0. The summed E-state index contributed by atoms with van der Waals surface area (Å²) >= 11 is 0. The fraction of sp³-hybridized carbons (Fsp3) is 0.286. The van der Waals surface area contributed by atoms with Gasteiger partial charge in [-0.25, -0.2) is 4.79 Å². The van der Waals surface area contributed by atoms with Crippen molar-refractivity contribution in [2.75, 3.05) is 36.9 Å². The second kappa shape index (κ2) is 11.7. The van der Waals surface area contributed by atoms with Crippen LogP contribution in [0, 0.1) is 0 Å². The van der Waals surface area contributed by atoms with E-state index in [1.54, 1.807) is 4.90 Å². The average Bonchev–Trinajstić information content (AvgIpc) is 2.69. The first kappa shape index (κ1) is 26.4. The standard InChI is InChI=1S/C21H24N4O4.2ClH/c1-24-10-11-25(19(26)13-24)17-8-2-14(3-9-17)12-18(22)20(27)23-16-6-4-15(5-7-16)21(28)29;;/h2-9,18H,10-13,22H2,1H3,(H,23,27)(H,28,29);2*1H. The number of halogens is 2. The number of anilines is 2. The molecule has 0 saturated carbocycles. The van der Waals surface area contributed by atoms with Crippen molar-refractivity contribution in [1.29, 1.82) is 0 Å². The highest BCUT2D eigenvalue weighted by Crippen LogP contribution is 2.19. The average molecular weight is 469 g/mol. The van der Waals surface area contributed by atoms with Crippen molar-refractivity contribution in [2.24, 2.45) is 5.73 Å². The predicted octanol–water partition coefficient (Wildman–Crippen LogP) is 2.02. The lowest BCUT2D eigenvalue weighted by atomic mass is 10.0. The van der Waals surface area contributed by atoms with Crippen LogP contribution in [0.25, 0.3) is 0 Å². The van der Waals surface area contributed by atoms with Gasteiger partial charge in [-0.15, -0.1) is 24.8 Å². The van der Waals surface area contributed by atoms with Crippen LogP contribution >= 0.6 is 24.8 Å². The maximum absolute atomic E-state index is 12.3. The van der Waals surface area contributed by atoms with E-state index in [-0.39, 0.29) is 42.2 Å². The number of benzene rings is 2. The van der Waals surface area contributed by atoms with Crippen molar-refractivity contribution in [3.05, 3.63) is 59.7 Å². The Kier molecular flexibility index (Phi) is 9.93. The van der Waals surface area contributed by atoms with Gasteiger partial charge in [0.25, 0.3) is 0 Å². The van der Waals surface area contributed by atoms with Crippen LogP contribution in [0.5, 0.6) is 0 Å². The number of carboxylic acids is 1. The Hall–Kier alpha value is -2.65. The number of nitrogens with two attached hydrogens (primary N) is 1. The number of carbonyl (C=O) groups excluding carboxylic acids is 2. The first-order chi connectivity index (χ1) is 13.8. The monoisotopic (exact) mass is 468 g/mol. The fourth-order valence-electron chi connectivity index (χ4n) is 3.15. The number of nitrogens with zero attached hydrogens (tertiary/aromatic N) is 2. The molecule has 0 aliphatic carbocycles. The number of likely N-dealkylation sites (N-methyl/N-ethyl adjacent to an activating group) is 1. The van der Waals surface area contributed by atoms with Crippen molar-refractivity contribution in [3.63, 3.8) is 0 Å². The molecule has 168 valence electrons. The van der Waals surface area contributed by atoms with Crippen LogP contribution in [-0.4, -0.2) is 60.5 Å². The van der Waals surface area contributed by atoms with Crippen LogP contribution in [0.2, 0.25) is 0 Å². The Morgan fingerprint density at radius 1 is 1.06 bits per heavy atom. The van der Waals surface area contributed by atoms with E-state index < -0.39 is 12.0 Å². The van der Waals surface area contributed by atoms with Crippen LogP contribution in [-0.2, 0) is 16.0 Å². The van der Waals surface area contributed by atoms with Gasteiger partial charge in [0.1, 0.15) is 0 Å². The topological polar surface area (TPSA) is 116 Å². The molecule has 0 spiro atoms. The summed E-state index contributed by atoms with van der Waals surface area (Å²) in [7, 11) is 1.92. The number of amides is 2. The molecule has 1 atom stereocenters. The van der Waals surface area contributed by atoms with E-state index in [4.69, 9.17) is 10.8 Å². The number of aromatic carboxylic acids is 1. The minimum Gasteiger partial charge on any atom is -0.478 e. The second-order valence-electron chi connectivity index (χ2n) is 7.13. The fourth-order valence-corrected chi connectivity index (χ4v) is 3.15. The zero-order valence-corrected chi connectivity index (χ0v) is 18.6. The molecular weight excluding hydrogens is 443 g/mol. The largest absolute Gasteiger partial charge is 0.478 e. The lowest BCUT2D eigenvalue weighted by Crippen LogP contribution is -2.48. The van der Waals surface area contributed by atoms with Crippen LogP contribution in [0.3, 0.4) is 0 Å². The zero-order chi connectivity index (χ0) is 21.0. The maximum atomic E-state index is 12.3. The van der Waals surface area contributed by atoms with Crippen molar-refractivity contribution in [1.82, 2.24) is 4.90 Å². The van der Waals surface area contributed by atoms with Gasteiger partial charge in [-0.05, 0) is 55.4 Å². The Balaban J connectivity index is 0.00000240. The van der Waals surface area contributed by atoms with Crippen molar-refractivity contribution >= 4 is 54.0 Å². The minimum absolute atomic E-state index is 0. The normalized spacial score (nSPS) is 14.8. The van der Waals surface area contributed by atoms with Gasteiger partial charge in [-0.1, -0.05) is 12.1 Å². The summed E-state index contributed by atoms with van der Waals surface area (Å²) in [6.07, 6.45) is 0.343. The summed E-state index contributed by atoms with van der Waals surface area (Å²) in [5.74, 6) is -1.32. The third-order valence-corrected chi connectivity index (χ3v) is 4.85. The summed E-state index contributed by atoms with van der Waals surface area (Å²) in [6, 6.07) is 12.6. The predicted molar refractivity (Wildman–Crippen MR) is 124 cm³/mol. The number of rotatable bonds is 6. The molecular formula is C21H26Cl2N4O4. The Morgan fingerprint density at radius 2 is 1.68 bits per heavy atom. The number of nitrogens with one attached hydrogen (secondary N) is 1. The van der Waals surface area contributed by atoms with Gasteiger partial charge in [0.2, 0.25) is 11.8 Å². The number of hydrogen-bond acceptors (Lipinski definition) is 5. The highest BCUT2D eigenvalue weighted by Gasteiger charge is 2.23. The van der Waals surface area contributed by atoms with E-state index in [1.165, 1.54) is 24.3 Å². The lowest BCUT2D eigenvalue weighted by molar-refractivity contribution is -0.121. The van der Waals surface area contributed by atoms with E-state index in [1.807, 2.05) is 36.2 Å². The molecule has 8 nitrogen and oxygen atoms in total. The van der Waals surface area contributed by atoms with Crippen LogP contribution < -0.4 is 16.0 Å². The SMILES string of the molecule is CN1CCN(c2ccc(CC(N)C(=O)Nc3ccc(C(=O)O)cc3)cc2)C(=O)C1.Cl.Cl. The van der Waals surface area contributed by atoms with E-state index in [0.29, 0.717) is 25.2 Å². The molecule has 3 rings (SSSR count). The molecule has 2 amide bonds. The summed E-state index contributed by atoms with van der Waals surface area (Å²) in [6.45, 7) is 1.88. The molecule has 1 unspecified atom stereocenters. The van der Waals surface area contributed by atoms with Crippen LogP contribution in [0.15, 0.2) is 48.5 Å². The molecule has 10 heteroatoms. The van der Waals surface area contributed by atoms with Crippen LogP contribution in [0.1, 0.15) is 15.9 Å². The Labute approximate surface area is 193 Å². The molecule has 0 bridgehead atoms. The van der Waals surface area contributed by atoms with Gasteiger partial charge in [-0.3, -0.25) is 14.5 Å². The first-order valence-corrected chi connectivity index (χ1v) is 9.31. The molecule has 2 aromatic carbocycles. The molecule has 31 heavy (non-hydrogen) atoms. The molecule has 2 aromatic rings. The highest BCUT2D eigenvalue weighted by atomic mass is 35.5. The Morgan fingerprint density at radius 3 is 2.23 bits per heavy atom. The highest BCUT2D eigenvalue weighted by molar-refractivity contribution is 5.96. The van der Waals surface area contributed by atoms with Crippen LogP contribution in [0.4, 0.5) is 11.4 Å². The Bertz CT molecular complexity index is 907. The minimum atomic E-state index is -1.03. The molecule has 1 heterocycles. The van der Waals surface area contributed by atoms with Crippen molar-refractivity contribution in [2.45, 2.75) is 12.5 Å². The third-order valence-electron chi connectivity index (χ3n) is 4.85. The number of carbonyl (C=O) groups is 3. The summed E-state index contributed by atoms with van der Waals surface area (Å²) < 4.78 is 0. The molecule has 1 aliphatic heterocycles. The number of hydrogen-bond donors (Lipinski definition) is 3. The third kappa shape index (κ3) is 6.93. The first-order valence-electron chi connectivity index (χ1n) is 9.31. The smallest absolute Gasteiger partial charge is 0.335 e.